The van der Waals surface area contributed by atoms with Gasteiger partial charge in [0.1, 0.15) is 4.60 Å². The van der Waals surface area contributed by atoms with Crippen LogP contribution in [0.1, 0.15) is 19.4 Å². The monoisotopic (exact) mass is 219 g/mol. The van der Waals surface area contributed by atoms with Gasteiger partial charge in [-0.05, 0) is 29.3 Å². The summed E-state index contributed by atoms with van der Waals surface area (Å²) in [7, 11) is 0. The molecule has 0 fully saturated rings. The summed E-state index contributed by atoms with van der Waals surface area (Å²) in [5.74, 6) is 0. The third kappa shape index (κ3) is 2.27. The molecule has 1 aromatic heterocycles. The van der Waals surface area contributed by atoms with E-state index in [0.717, 1.165) is 4.60 Å². The number of nitrogens with zero attached hydrogens (tertiary/aromatic N) is 3. The van der Waals surface area contributed by atoms with Crippen LogP contribution in [0.15, 0.2) is 10.8 Å². The van der Waals surface area contributed by atoms with E-state index >= 15 is 0 Å². The minimum Gasteiger partial charge on any atom is -0.396 e. The van der Waals surface area contributed by atoms with Gasteiger partial charge in [0, 0.05) is 6.61 Å². The molecule has 4 nitrogen and oxygen atoms in total. The molecule has 0 radical (unpaired) electrons. The molecule has 62 valence electrons. The van der Waals surface area contributed by atoms with Crippen molar-refractivity contribution in [1.29, 1.82) is 0 Å². The van der Waals surface area contributed by atoms with Crippen molar-refractivity contribution in [2.24, 2.45) is 0 Å². The van der Waals surface area contributed by atoms with E-state index in [9.17, 15) is 0 Å². The number of aliphatic hydroxyl groups excluding tert-OH is 1. The number of hydrogen-bond donors (Lipinski definition) is 1. The maximum atomic E-state index is 8.62. The van der Waals surface area contributed by atoms with Crippen molar-refractivity contribution in [3.05, 3.63) is 10.8 Å². The van der Waals surface area contributed by atoms with E-state index in [1.165, 1.54) is 0 Å². The van der Waals surface area contributed by atoms with E-state index in [0.29, 0.717) is 6.42 Å². The van der Waals surface area contributed by atoms with Crippen molar-refractivity contribution in [1.82, 2.24) is 15.0 Å². The molecule has 11 heavy (non-hydrogen) atoms. The van der Waals surface area contributed by atoms with E-state index in [4.69, 9.17) is 5.11 Å². The predicted molar refractivity (Wildman–Crippen MR) is 44.1 cm³/mol. The van der Waals surface area contributed by atoms with Crippen molar-refractivity contribution >= 4 is 15.9 Å². The molecule has 0 aliphatic heterocycles. The quantitative estimate of drug-likeness (QED) is 0.826. The summed E-state index contributed by atoms with van der Waals surface area (Å²) in [6.45, 7) is 2.13. The Balaban J connectivity index is 2.60. The molecule has 1 aromatic rings. The highest BCUT2D eigenvalue weighted by Gasteiger charge is 2.05. The zero-order valence-electron chi connectivity index (χ0n) is 6.24. The van der Waals surface area contributed by atoms with Crippen LogP contribution in [0.3, 0.4) is 0 Å². The van der Waals surface area contributed by atoms with Gasteiger partial charge in [0.2, 0.25) is 0 Å². The second kappa shape index (κ2) is 3.82. The first-order valence-corrected chi connectivity index (χ1v) is 4.21. The number of rotatable bonds is 3. The Hall–Kier alpha value is -0.420. The molecule has 0 aliphatic rings. The van der Waals surface area contributed by atoms with Gasteiger partial charge in [0.15, 0.2) is 0 Å². The normalized spacial score (nSPS) is 13.4. The maximum absolute atomic E-state index is 8.62. The zero-order valence-corrected chi connectivity index (χ0v) is 7.82. The first kappa shape index (κ1) is 8.67. The molecule has 0 aliphatic carbocycles. The highest BCUT2D eigenvalue weighted by atomic mass is 79.9. The molecule has 0 saturated carbocycles. The van der Waals surface area contributed by atoms with Crippen LogP contribution in [0.25, 0.3) is 0 Å². The van der Waals surface area contributed by atoms with Crippen LogP contribution in [0.4, 0.5) is 0 Å². The Morgan fingerprint density at radius 2 is 2.55 bits per heavy atom. The van der Waals surface area contributed by atoms with Crippen molar-refractivity contribution in [2.75, 3.05) is 6.61 Å². The van der Waals surface area contributed by atoms with Crippen LogP contribution in [0.2, 0.25) is 0 Å². The van der Waals surface area contributed by atoms with Gasteiger partial charge in [-0.2, -0.15) is 9.90 Å². The Labute approximate surface area is 73.3 Å². The molecule has 0 bridgehead atoms. The van der Waals surface area contributed by atoms with Gasteiger partial charge in [0.05, 0.1) is 12.2 Å². The van der Waals surface area contributed by atoms with Gasteiger partial charge in [-0.15, -0.1) is 5.10 Å². The Morgan fingerprint density at radius 3 is 3.00 bits per heavy atom. The third-order valence-corrected chi connectivity index (χ3v) is 1.79. The predicted octanol–water partition coefficient (Wildman–Crippen LogP) is 0.984. The number of aromatic nitrogens is 3. The second-order valence-corrected chi connectivity index (χ2v) is 3.16. The summed E-state index contributed by atoms with van der Waals surface area (Å²) in [5.41, 5.74) is 0. The van der Waals surface area contributed by atoms with Gasteiger partial charge in [-0.1, -0.05) is 0 Å². The van der Waals surface area contributed by atoms with E-state index in [1.54, 1.807) is 11.0 Å². The van der Waals surface area contributed by atoms with Crippen molar-refractivity contribution < 1.29 is 5.11 Å². The van der Waals surface area contributed by atoms with E-state index in [1.807, 2.05) is 6.92 Å². The van der Waals surface area contributed by atoms with E-state index in [-0.39, 0.29) is 12.6 Å². The van der Waals surface area contributed by atoms with Crippen LogP contribution >= 0.6 is 15.9 Å². The van der Waals surface area contributed by atoms with Gasteiger partial charge >= 0.3 is 0 Å². The molecule has 0 spiro atoms. The SMILES string of the molecule is CC(CCO)n1ncc(Br)n1. The smallest absolute Gasteiger partial charge is 0.148 e. The lowest BCUT2D eigenvalue weighted by atomic mass is 10.3. The van der Waals surface area contributed by atoms with Gasteiger partial charge in [0.25, 0.3) is 0 Å². The Morgan fingerprint density at radius 1 is 1.82 bits per heavy atom. The number of aliphatic hydroxyl groups is 1. The molecule has 0 amide bonds. The molecule has 5 heteroatoms. The molecule has 0 saturated heterocycles. The number of halogens is 1. The first-order valence-electron chi connectivity index (χ1n) is 3.42. The lowest BCUT2D eigenvalue weighted by molar-refractivity contribution is 0.250. The molecule has 1 rings (SSSR count). The summed E-state index contributed by atoms with van der Waals surface area (Å²) >= 11 is 3.19. The number of hydrogen-bond acceptors (Lipinski definition) is 3. The summed E-state index contributed by atoms with van der Waals surface area (Å²) in [6, 6.07) is 0.159. The zero-order chi connectivity index (χ0) is 8.27. The van der Waals surface area contributed by atoms with Crippen LogP contribution in [-0.4, -0.2) is 26.7 Å². The fraction of sp³-hybridized carbons (Fsp3) is 0.667. The van der Waals surface area contributed by atoms with E-state index < -0.39 is 0 Å². The van der Waals surface area contributed by atoms with Crippen LogP contribution in [0, 0.1) is 0 Å². The standard InChI is InChI=1S/C6H10BrN3O/c1-5(2-3-11)10-8-4-6(7)9-10/h4-5,11H,2-3H2,1H3. The lowest BCUT2D eigenvalue weighted by Crippen LogP contribution is -2.10. The highest BCUT2D eigenvalue weighted by Crippen LogP contribution is 2.09. The van der Waals surface area contributed by atoms with Crippen molar-refractivity contribution in [3.8, 4) is 0 Å². The summed E-state index contributed by atoms with van der Waals surface area (Å²) < 4.78 is 0.724. The highest BCUT2D eigenvalue weighted by molar-refractivity contribution is 9.10. The van der Waals surface area contributed by atoms with Gasteiger partial charge in [-0.25, -0.2) is 0 Å². The second-order valence-electron chi connectivity index (χ2n) is 2.35. The lowest BCUT2D eigenvalue weighted by Gasteiger charge is -2.06. The summed E-state index contributed by atoms with van der Waals surface area (Å²) in [5, 5.41) is 16.6. The molecular formula is C6H10BrN3O. The average molecular weight is 220 g/mol. The fourth-order valence-electron chi connectivity index (χ4n) is 0.771. The first-order chi connectivity index (χ1) is 5.24. The molecule has 1 atom stereocenters. The van der Waals surface area contributed by atoms with Crippen molar-refractivity contribution in [3.63, 3.8) is 0 Å². The van der Waals surface area contributed by atoms with E-state index in [2.05, 4.69) is 26.1 Å². The topological polar surface area (TPSA) is 50.9 Å². The fourth-order valence-corrected chi connectivity index (χ4v) is 1.03. The van der Waals surface area contributed by atoms with Crippen molar-refractivity contribution in [2.45, 2.75) is 19.4 Å². The summed E-state index contributed by atoms with van der Waals surface area (Å²) in [4.78, 5) is 1.58. The minimum absolute atomic E-state index is 0.159. The largest absolute Gasteiger partial charge is 0.396 e. The molecular weight excluding hydrogens is 210 g/mol. The van der Waals surface area contributed by atoms with Crippen LogP contribution < -0.4 is 0 Å². The minimum atomic E-state index is 0.159. The average Bonchev–Trinajstić information content (AvgIpc) is 2.36. The van der Waals surface area contributed by atoms with Gasteiger partial charge in [-0.3, -0.25) is 0 Å². The summed E-state index contributed by atoms with van der Waals surface area (Å²) in [6.07, 6.45) is 2.31. The molecule has 1 heterocycles. The molecule has 0 aromatic carbocycles. The Kier molecular flexibility index (Phi) is 3.02. The third-order valence-electron chi connectivity index (χ3n) is 1.42. The van der Waals surface area contributed by atoms with Crippen LogP contribution in [-0.2, 0) is 0 Å². The Bertz CT molecular complexity index is 225. The van der Waals surface area contributed by atoms with Gasteiger partial charge < -0.3 is 5.11 Å². The van der Waals surface area contributed by atoms with Crippen LogP contribution in [0.5, 0.6) is 0 Å². The molecule has 1 unspecified atom stereocenters. The molecule has 1 N–H and O–H groups in total. The maximum Gasteiger partial charge on any atom is 0.148 e.